The molecule has 2 aliphatic heterocycles. The first kappa shape index (κ1) is 23.3. The average Bonchev–Trinajstić information content (AvgIpc) is 2.97. The number of carbonyl (C=O) groups excluding carboxylic acids is 2. The smallest absolute Gasteiger partial charge is 0.277 e. The van der Waals surface area contributed by atoms with Gasteiger partial charge in [-0.15, -0.1) is 0 Å². The predicted octanol–water partition coefficient (Wildman–Crippen LogP) is 3.96. The van der Waals surface area contributed by atoms with E-state index in [1.807, 2.05) is 38.1 Å². The van der Waals surface area contributed by atoms with E-state index < -0.39 is 0 Å². The highest BCUT2D eigenvalue weighted by molar-refractivity contribution is 6.35. The second kappa shape index (κ2) is 10.3. The molecule has 0 N–H and O–H groups in total. The monoisotopic (exact) mass is 428 g/mol. The van der Waals surface area contributed by atoms with Gasteiger partial charge in [-0.25, -0.2) is 0 Å². The quantitative estimate of drug-likeness (QED) is 0.557. The van der Waals surface area contributed by atoms with Crippen molar-refractivity contribution in [3.63, 3.8) is 0 Å². The molecule has 0 aliphatic carbocycles. The van der Waals surface area contributed by atoms with Crippen LogP contribution in [0.1, 0.15) is 53.0 Å². The zero-order valence-electron chi connectivity index (χ0n) is 19.5. The third-order valence-corrected chi connectivity index (χ3v) is 5.61. The van der Waals surface area contributed by atoms with Crippen LogP contribution in [0.25, 0.3) is 5.57 Å². The molecule has 0 aromatic heterocycles. The van der Waals surface area contributed by atoms with E-state index >= 15 is 0 Å². The summed E-state index contributed by atoms with van der Waals surface area (Å²) < 4.78 is 11.4. The van der Waals surface area contributed by atoms with Gasteiger partial charge in [0.05, 0.1) is 31.4 Å². The minimum absolute atomic E-state index is 0.0565. The predicted molar refractivity (Wildman–Crippen MR) is 121 cm³/mol. The summed E-state index contributed by atoms with van der Waals surface area (Å²) in [7, 11) is 0. The van der Waals surface area contributed by atoms with E-state index in [9.17, 15) is 9.59 Å². The van der Waals surface area contributed by atoms with Crippen molar-refractivity contribution >= 4 is 17.4 Å². The second-order valence-corrected chi connectivity index (χ2v) is 9.33. The minimum atomic E-state index is -0.235. The van der Waals surface area contributed by atoms with Crippen molar-refractivity contribution in [2.75, 3.05) is 32.8 Å². The number of imide groups is 1. The largest absolute Gasteiger partial charge is 0.493 e. The second-order valence-electron chi connectivity index (χ2n) is 9.33. The van der Waals surface area contributed by atoms with Gasteiger partial charge in [-0.1, -0.05) is 32.9 Å². The first-order valence-electron chi connectivity index (χ1n) is 11.5. The van der Waals surface area contributed by atoms with Crippen LogP contribution in [0.2, 0.25) is 0 Å². The van der Waals surface area contributed by atoms with E-state index in [-0.39, 0.29) is 24.5 Å². The fourth-order valence-corrected chi connectivity index (χ4v) is 4.07. The zero-order valence-corrected chi connectivity index (χ0v) is 19.5. The fraction of sp³-hybridized carbons (Fsp3) is 0.600. The highest BCUT2D eigenvalue weighted by Gasteiger charge is 2.42. The molecule has 1 aromatic carbocycles. The maximum absolute atomic E-state index is 13.4. The lowest BCUT2D eigenvalue weighted by Crippen LogP contribution is -2.40. The number of hydrogen-bond acceptors (Lipinski definition) is 5. The first-order valence-corrected chi connectivity index (χ1v) is 11.5. The van der Waals surface area contributed by atoms with Crippen LogP contribution in [0.4, 0.5) is 0 Å². The van der Waals surface area contributed by atoms with Crippen molar-refractivity contribution in [3.05, 3.63) is 35.5 Å². The molecule has 0 saturated carbocycles. The van der Waals surface area contributed by atoms with Crippen molar-refractivity contribution < 1.29 is 19.1 Å². The first-order chi connectivity index (χ1) is 14.8. The Morgan fingerprint density at radius 3 is 2.39 bits per heavy atom. The Bertz CT molecular complexity index is 813. The van der Waals surface area contributed by atoms with Crippen LogP contribution in [0, 0.1) is 11.8 Å². The summed E-state index contributed by atoms with van der Waals surface area (Å²) in [5, 5.41) is 0. The van der Waals surface area contributed by atoms with Gasteiger partial charge >= 0.3 is 0 Å². The van der Waals surface area contributed by atoms with Gasteiger partial charge in [0.15, 0.2) is 0 Å². The summed E-state index contributed by atoms with van der Waals surface area (Å²) >= 11 is 0. The number of likely N-dealkylation sites (tertiary alicyclic amines) is 1. The highest BCUT2D eigenvalue weighted by atomic mass is 16.5. The molecular formula is C25H36N2O4. The molecule has 0 spiro atoms. The lowest BCUT2D eigenvalue weighted by atomic mass is 9.97. The summed E-state index contributed by atoms with van der Waals surface area (Å²) in [4.78, 5) is 30.2. The van der Waals surface area contributed by atoms with Crippen LogP contribution >= 0.6 is 0 Å². The van der Waals surface area contributed by atoms with Gasteiger partial charge in [-0.05, 0) is 56.2 Å². The van der Waals surface area contributed by atoms with Crippen LogP contribution in [0.3, 0.4) is 0 Å². The Kier molecular flexibility index (Phi) is 7.76. The third-order valence-electron chi connectivity index (χ3n) is 5.61. The molecular weight excluding hydrogens is 392 g/mol. The van der Waals surface area contributed by atoms with Gasteiger partial charge in [0, 0.05) is 13.1 Å². The molecule has 1 aromatic rings. The SMILES string of the molecule is CC(C)COc1ccc(C2=C(N3CCCC(C)C3)C(=O)N(CCOC(C)C)C2=O)cc1. The minimum Gasteiger partial charge on any atom is -0.493 e. The van der Waals surface area contributed by atoms with Gasteiger partial charge in [0.1, 0.15) is 11.4 Å². The lowest BCUT2D eigenvalue weighted by molar-refractivity contribution is -0.138. The van der Waals surface area contributed by atoms with Crippen LogP contribution in [-0.2, 0) is 14.3 Å². The third kappa shape index (κ3) is 5.67. The van der Waals surface area contributed by atoms with E-state index in [1.165, 1.54) is 4.90 Å². The molecule has 3 rings (SSSR count). The summed E-state index contributed by atoms with van der Waals surface area (Å²) in [5.74, 6) is 1.26. The summed E-state index contributed by atoms with van der Waals surface area (Å²) in [6.07, 6.45) is 2.23. The average molecular weight is 429 g/mol. The maximum Gasteiger partial charge on any atom is 0.277 e. The van der Waals surface area contributed by atoms with E-state index in [0.29, 0.717) is 36.3 Å². The number of hydrogen-bond donors (Lipinski definition) is 0. The van der Waals surface area contributed by atoms with Gasteiger partial charge in [0.25, 0.3) is 11.8 Å². The number of ether oxygens (including phenoxy) is 2. The number of nitrogens with zero attached hydrogens (tertiary/aromatic N) is 2. The van der Waals surface area contributed by atoms with E-state index in [0.717, 1.165) is 37.2 Å². The fourth-order valence-electron chi connectivity index (χ4n) is 4.07. The van der Waals surface area contributed by atoms with Gasteiger partial charge in [-0.3, -0.25) is 14.5 Å². The molecule has 2 aliphatic rings. The number of amides is 2. The number of piperidine rings is 1. The van der Waals surface area contributed by atoms with Crippen molar-refractivity contribution in [2.24, 2.45) is 11.8 Å². The topological polar surface area (TPSA) is 59.1 Å². The van der Waals surface area contributed by atoms with Gasteiger partial charge in [-0.2, -0.15) is 0 Å². The molecule has 0 bridgehead atoms. The standard InChI is InChI=1S/C25H36N2O4/c1-17(2)16-31-21-10-8-20(9-11-21)22-23(26-12-6-7-19(5)15-26)25(29)27(24(22)28)13-14-30-18(3)4/h8-11,17-19H,6-7,12-16H2,1-5H3. The molecule has 6 heteroatoms. The van der Waals surface area contributed by atoms with E-state index in [4.69, 9.17) is 9.47 Å². The molecule has 1 saturated heterocycles. The van der Waals surface area contributed by atoms with E-state index in [2.05, 4.69) is 25.7 Å². The molecule has 1 fully saturated rings. The van der Waals surface area contributed by atoms with Crippen LogP contribution in [-0.4, -0.2) is 60.6 Å². The molecule has 0 radical (unpaired) electrons. The molecule has 31 heavy (non-hydrogen) atoms. The molecule has 2 heterocycles. The molecule has 1 atom stereocenters. The Morgan fingerprint density at radius 2 is 1.77 bits per heavy atom. The van der Waals surface area contributed by atoms with Crippen molar-refractivity contribution in [1.29, 1.82) is 0 Å². The van der Waals surface area contributed by atoms with Crippen molar-refractivity contribution in [1.82, 2.24) is 9.80 Å². The molecule has 6 nitrogen and oxygen atoms in total. The van der Waals surface area contributed by atoms with Crippen molar-refractivity contribution in [2.45, 2.75) is 53.6 Å². The summed E-state index contributed by atoms with van der Waals surface area (Å²) in [5.41, 5.74) is 1.80. The van der Waals surface area contributed by atoms with Crippen LogP contribution in [0.15, 0.2) is 30.0 Å². The van der Waals surface area contributed by atoms with Crippen LogP contribution < -0.4 is 4.74 Å². The van der Waals surface area contributed by atoms with Crippen molar-refractivity contribution in [3.8, 4) is 5.75 Å². The molecule has 170 valence electrons. The normalized spacial score (nSPS) is 19.9. The van der Waals surface area contributed by atoms with Gasteiger partial charge in [0.2, 0.25) is 0 Å². The maximum atomic E-state index is 13.4. The summed E-state index contributed by atoms with van der Waals surface area (Å²) in [6.45, 7) is 13.1. The highest BCUT2D eigenvalue weighted by Crippen LogP contribution is 2.34. The molecule has 1 unspecified atom stereocenters. The number of rotatable bonds is 9. The Hall–Kier alpha value is -2.34. The van der Waals surface area contributed by atoms with Gasteiger partial charge < -0.3 is 14.4 Å². The Labute approximate surface area is 186 Å². The Morgan fingerprint density at radius 1 is 1.06 bits per heavy atom. The van der Waals surface area contributed by atoms with E-state index in [1.54, 1.807) is 0 Å². The zero-order chi connectivity index (χ0) is 22.5. The Balaban J connectivity index is 1.89. The molecule has 2 amide bonds. The van der Waals surface area contributed by atoms with Crippen LogP contribution in [0.5, 0.6) is 5.75 Å². The number of benzene rings is 1. The lowest BCUT2D eigenvalue weighted by Gasteiger charge is -2.33. The summed E-state index contributed by atoms with van der Waals surface area (Å²) in [6, 6.07) is 7.53. The number of carbonyl (C=O) groups is 2.